The number of carbonyl (C=O) groups excluding carboxylic acids is 2. The molecule has 156 valence electrons. The molecule has 2 heterocycles. The summed E-state index contributed by atoms with van der Waals surface area (Å²) in [5.74, 6) is -0.320. The van der Waals surface area contributed by atoms with Gasteiger partial charge in [0.25, 0.3) is 0 Å². The van der Waals surface area contributed by atoms with Crippen LogP contribution in [0.5, 0.6) is 5.75 Å². The predicted molar refractivity (Wildman–Crippen MR) is 119 cm³/mol. The topological polar surface area (TPSA) is 83.6 Å². The number of anilines is 2. The molecule has 0 aliphatic carbocycles. The highest BCUT2D eigenvalue weighted by atomic mass is 32.1. The number of methoxy groups -OCH3 is 1. The van der Waals surface area contributed by atoms with Gasteiger partial charge in [-0.2, -0.15) is 0 Å². The molecular weight excluding hydrogens is 400 g/mol. The molecule has 0 bridgehead atoms. The van der Waals surface area contributed by atoms with E-state index in [-0.39, 0.29) is 0 Å². The number of benzene rings is 2. The lowest BCUT2D eigenvalue weighted by Gasteiger charge is -2.31. The fourth-order valence-electron chi connectivity index (χ4n) is 3.53. The van der Waals surface area contributed by atoms with E-state index in [4.69, 9.17) is 9.72 Å². The lowest BCUT2D eigenvalue weighted by atomic mass is 9.97. The van der Waals surface area contributed by atoms with Crippen molar-refractivity contribution in [2.75, 3.05) is 37.0 Å². The Bertz CT molecular complexity index is 1010. The van der Waals surface area contributed by atoms with Crippen LogP contribution in [0.3, 0.4) is 0 Å². The van der Waals surface area contributed by atoms with Crippen LogP contribution in [0.4, 0.5) is 10.8 Å². The van der Waals surface area contributed by atoms with Crippen LogP contribution >= 0.6 is 11.3 Å². The van der Waals surface area contributed by atoms with Crippen molar-refractivity contribution < 1.29 is 14.3 Å². The first-order valence-corrected chi connectivity index (χ1v) is 10.8. The van der Waals surface area contributed by atoms with Crippen LogP contribution in [0.1, 0.15) is 12.8 Å². The number of amides is 2. The van der Waals surface area contributed by atoms with Crippen molar-refractivity contribution in [2.24, 2.45) is 5.92 Å². The second-order valence-corrected chi connectivity index (χ2v) is 8.30. The van der Waals surface area contributed by atoms with E-state index in [1.54, 1.807) is 42.7 Å². The summed E-state index contributed by atoms with van der Waals surface area (Å²) < 4.78 is 6.32. The average Bonchev–Trinajstić information content (AvgIpc) is 3.22. The molecule has 0 spiro atoms. The third-order valence-electron chi connectivity index (χ3n) is 5.25. The SMILES string of the molecule is COc1cccc(NC(=O)C(=O)NCC2CCN(c3nc4ccccc4s3)CC2)c1. The van der Waals surface area contributed by atoms with E-state index in [0.717, 1.165) is 36.6 Å². The summed E-state index contributed by atoms with van der Waals surface area (Å²) in [6, 6.07) is 15.1. The number of piperidine rings is 1. The van der Waals surface area contributed by atoms with Gasteiger partial charge >= 0.3 is 11.8 Å². The fraction of sp³-hybridized carbons (Fsp3) is 0.318. The van der Waals surface area contributed by atoms with Gasteiger partial charge < -0.3 is 20.3 Å². The number of nitrogens with one attached hydrogen (secondary N) is 2. The summed E-state index contributed by atoms with van der Waals surface area (Å²) in [5, 5.41) is 6.41. The molecule has 30 heavy (non-hydrogen) atoms. The molecule has 0 saturated carbocycles. The number of hydrogen-bond acceptors (Lipinski definition) is 6. The van der Waals surface area contributed by atoms with Crippen molar-refractivity contribution in [3.63, 3.8) is 0 Å². The van der Waals surface area contributed by atoms with E-state index in [9.17, 15) is 9.59 Å². The Hall–Kier alpha value is -3.13. The normalized spacial score (nSPS) is 14.5. The summed E-state index contributed by atoms with van der Waals surface area (Å²) in [7, 11) is 1.55. The first kappa shape index (κ1) is 20.2. The van der Waals surface area contributed by atoms with E-state index in [0.29, 0.717) is 23.9 Å². The lowest BCUT2D eigenvalue weighted by Crippen LogP contribution is -2.41. The number of carbonyl (C=O) groups is 2. The minimum atomic E-state index is -0.671. The summed E-state index contributed by atoms with van der Waals surface area (Å²) in [5.41, 5.74) is 1.56. The number of thiazole rings is 1. The van der Waals surface area contributed by atoms with Crippen LogP contribution in [-0.2, 0) is 9.59 Å². The molecule has 1 fully saturated rings. The zero-order valence-corrected chi connectivity index (χ0v) is 17.6. The molecule has 1 aromatic heterocycles. The van der Waals surface area contributed by atoms with Crippen molar-refractivity contribution in [3.8, 4) is 5.75 Å². The number of nitrogens with zero attached hydrogens (tertiary/aromatic N) is 2. The number of para-hydroxylation sites is 1. The maximum Gasteiger partial charge on any atom is 0.313 e. The Morgan fingerprint density at radius 2 is 1.93 bits per heavy atom. The third kappa shape index (κ3) is 4.71. The molecule has 0 atom stereocenters. The summed E-state index contributed by atoms with van der Waals surface area (Å²) in [4.78, 5) is 31.3. The minimum absolute atomic E-state index is 0.351. The van der Waals surface area contributed by atoms with E-state index in [2.05, 4.69) is 21.6 Å². The van der Waals surface area contributed by atoms with Gasteiger partial charge in [-0.3, -0.25) is 9.59 Å². The molecule has 7 nitrogen and oxygen atoms in total. The van der Waals surface area contributed by atoms with Crippen LogP contribution in [0, 0.1) is 5.92 Å². The summed E-state index contributed by atoms with van der Waals surface area (Å²) >= 11 is 1.71. The Labute approximate surface area is 179 Å². The highest BCUT2D eigenvalue weighted by molar-refractivity contribution is 7.22. The Balaban J connectivity index is 1.24. The van der Waals surface area contributed by atoms with Crippen LogP contribution < -0.4 is 20.3 Å². The smallest absolute Gasteiger partial charge is 0.313 e. The molecule has 2 amide bonds. The number of rotatable bonds is 5. The molecule has 2 aromatic carbocycles. The molecule has 8 heteroatoms. The van der Waals surface area contributed by atoms with Gasteiger partial charge in [0.2, 0.25) is 0 Å². The van der Waals surface area contributed by atoms with E-state index < -0.39 is 11.8 Å². The number of fused-ring (bicyclic) bond motifs is 1. The number of hydrogen-bond donors (Lipinski definition) is 2. The first-order valence-electron chi connectivity index (χ1n) is 9.96. The maximum atomic E-state index is 12.2. The van der Waals surface area contributed by atoms with Gasteiger partial charge in [-0.25, -0.2) is 4.98 Å². The quantitative estimate of drug-likeness (QED) is 0.614. The van der Waals surface area contributed by atoms with Gasteiger partial charge in [0.1, 0.15) is 5.75 Å². The highest BCUT2D eigenvalue weighted by Crippen LogP contribution is 2.31. The van der Waals surface area contributed by atoms with Crippen LogP contribution in [0.25, 0.3) is 10.2 Å². The molecule has 0 unspecified atom stereocenters. The molecule has 2 N–H and O–H groups in total. The summed E-state index contributed by atoms with van der Waals surface area (Å²) in [6.07, 6.45) is 1.90. The van der Waals surface area contributed by atoms with Gasteiger partial charge in [0, 0.05) is 31.4 Å². The van der Waals surface area contributed by atoms with Crippen molar-refractivity contribution in [3.05, 3.63) is 48.5 Å². The monoisotopic (exact) mass is 424 g/mol. The van der Waals surface area contributed by atoms with Crippen molar-refractivity contribution in [2.45, 2.75) is 12.8 Å². The Kier molecular flexibility index (Phi) is 6.13. The van der Waals surface area contributed by atoms with E-state index in [1.165, 1.54) is 4.70 Å². The molecule has 1 saturated heterocycles. The van der Waals surface area contributed by atoms with Gasteiger partial charge in [0.15, 0.2) is 5.13 Å². The van der Waals surface area contributed by atoms with E-state index in [1.807, 2.05) is 18.2 Å². The van der Waals surface area contributed by atoms with Crippen LogP contribution in [0.2, 0.25) is 0 Å². The number of aromatic nitrogens is 1. The summed E-state index contributed by atoms with van der Waals surface area (Å²) in [6.45, 7) is 2.30. The molecule has 0 radical (unpaired) electrons. The number of ether oxygens (including phenoxy) is 1. The molecule has 3 aromatic rings. The van der Waals surface area contributed by atoms with Crippen molar-refractivity contribution in [1.82, 2.24) is 10.3 Å². The Morgan fingerprint density at radius 3 is 2.70 bits per heavy atom. The van der Waals surface area contributed by atoms with Crippen molar-refractivity contribution in [1.29, 1.82) is 0 Å². The van der Waals surface area contributed by atoms with Gasteiger partial charge in [-0.15, -0.1) is 0 Å². The average molecular weight is 425 g/mol. The predicted octanol–water partition coefficient (Wildman–Crippen LogP) is 3.28. The lowest BCUT2D eigenvalue weighted by molar-refractivity contribution is -0.136. The second-order valence-electron chi connectivity index (χ2n) is 7.29. The zero-order chi connectivity index (χ0) is 20.9. The van der Waals surface area contributed by atoms with E-state index >= 15 is 0 Å². The largest absolute Gasteiger partial charge is 0.497 e. The molecule has 4 rings (SSSR count). The Morgan fingerprint density at radius 1 is 1.13 bits per heavy atom. The molecule has 1 aliphatic heterocycles. The maximum absolute atomic E-state index is 12.2. The molecule has 1 aliphatic rings. The second kappa shape index (κ2) is 9.13. The third-order valence-corrected chi connectivity index (χ3v) is 6.35. The van der Waals surface area contributed by atoms with Gasteiger partial charge in [-0.1, -0.05) is 29.5 Å². The first-order chi connectivity index (χ1) is 14.6. The van der Waals surface area contributed by atoms with Gasteiger partial charge in [-0.05, 0) is 43.0 Å². The minimum Gasteiger partial charge on any atom is -0.497 e. The standard InChI is InChI=1S/C22H24N4O3S/c1-29-17-6-4-5-16(13-17)24-21(28)20(27)23-14-15-9-11-26(12-10-15)22-25-18-7-2-3-8-19(18)30-22/h2-8,13,15H,9-12,14H2,1H3,(H,23,27)(H,24,28). The fourth-order valence-corrected chi connectivity index (χ4v) is 4.55. The molecular formula is C22H24N4O3S. The van der Waals surface area contributed by atoms with Crippen LogP contribution in [0.15, 0.2) is 48.5 Å². The van der Waals surface area contributed by atoms with Gasteiger partial charge in [0.05, 0.1) is 17.3 Å². The zero-order valence-electron chi connectivity index (χ0n) is 16.8. The highest BCUT2D eigenvalue weighted by Gasteiger charge is 2.23. The van der Waals surface area contributed by atoms with Crippen LogP contribution in [-0.4, -0.2) is 43.5 Å². The van der Waals surface area contributed by atoms with Crippen molar-refractivity contribution >= 4 is 44.2 Å².